The Morgan fingerprint density at radius 2 is 1.89 bits per heavy atom. The molecule has 0 aromatic heterocycles. The highest BCUT2D eigenvalue weighted by Gasteiger charge is 2.30. The number of hydrazine groups is 1. The summed E-state index contributed by atoms with van der Waals surface area (Å²) in [7, 11) is -1.74. The summed E-state index contributed by atoms with van der Waals surface area (Å²) >= 11 is 0. The number of Topliss-reactive ketones (excluding diaryl/α,β-unsaturated/α-hetero) is 1. The Bertz CT molecular complexity index is 876. The van der Waals surface area contributed by atoms with Gasteiger partial charge in [0.05, 0.1) is 5.94 Å². The molecule has 6 N–H and O–H groups in total. The minimum Gasteiger partial charge on any atom is -0.426 e. The number of carbonyl (C=O) groups excluding carboxylic acids is 2. The number of amides is 1. The van der Waals surface area contributed by atoms with Gasteiger partial charge in [0.1, 0.15) is 0 Å². The maximum absolute atomic E-state index is 13.0. The zero-order chi connectivity index (χ0) is 25.7. The zero-order valence-corrected chi connectivity index (χ0v) is 19.8. The van der Waals surface area contributed by atoms with Gasteiger partial charge in [-0.1, -0.05) is 57.0 Å². The quantitative estimate of drug-likeness (QED) is 0.0496. The number of ketones is 1. The first-order valence-corrected chi connectivity index (χ1v) is 11.1. The molecule has 2 atom stereocenters. The minimum absolute atomic E-state index is 0. The molecule has 0 spiro atoms. The molecule has 194 valence electrons. The molecule has 0 saturated carbocycles. The average molecular weight is 491 g/mol. The molecule has 1 aromatic carbocycles. The van der Waals surface area contributed by atoms with Crippen molar-refractivity contribution < 1.29 is 24.7 Å². The van der Waals surface area contributed by atoms with Gasteiger partial charge in [-0.3, -0.25) is 9.59 Å². The van der Waals surface area contributed by atoms with E-state index < -0.39 is 29.9 Å². The SMILES string of the molecule is C.C/C(=C\c1ccccc1)C(=O)C[C@@H](CCCN=C(N)N[N+](=O)[O-])C(=O)N[C@@H](CC(C)C)B(O)O. The number of hydrogen-bond donors (Lipinski definition) is 5. The van der Waals surface area contributed by atoms with Crippen molar-refractivity contribution in [1.82, 2.24) is 10.7 Å². The summed E-state index contributed by atoms with van der Waals surface area (Å²) < 4.78 is 0. The second-order valence-corrected chi connectivity index (χ2v) is 8.50. The molecule has 0 aliphatic rings. The maximum Gasteiger partial charge on any atom is 0.475 e. The number of carbonyl (C=O) groups is 2. The monoisotopic (exact) mass is 491 g/mol. The molecule has 0 heterocycles. The van der Waals surface area contributed by atoms with Gasteiger partial charge in [-0.15, -0.1) is 0 Å². The average Bonchev–Trinajstić information content (AvgIpc) is 2.74. The van der Waals surface area contributed by atoms with Gasteiger partial charge in [-0.25, -0.2) is 15.1 Å². The number of nitrogens with one attached hydrogen (secondary N) is 2. The summed E-state index contributed by atoms with van der Waals surface area (Å²) in [4.78, 5) is 40.0. The lowest BCUT2D eigenvalue weighted by Gasteiger charge is -2.23. The third-order valence-electron chi connectivity index (χ3n) is 5.04. The third-order valence-corrected chi connectivity index (χ3v) is 5.04. The molecular formula is C23H38BN5O6. The Morgan fingerprint density at radius 1 is 1.26 bits per heavy atom. The summed E-state index contributed by atoms with van der Waals surface area (Å²) in [5.74, 6) is -2.56. The van der Waals surface area contributed by atoms with E-state index in [2.05, 4.69) is 10.3 Å². The molecule has 1 amide bonds. The molecule has 0 aliphatic carbocycles. The number of hydrogen-bond acceptors (Lipinski definition) is 7. The lowest BCUT2D eigenvalue weighted by molar-refractivity contribution is -0.525. The number of nitrogens with zero attached hydrogens (tertiary/aromatic N) is 2. The van der Waals surface area contributed by atoms with Crippen LogP contribution in [0, 0.1) is 22.0 Å². The first kappa shape index (κ1) is 31.8. The minimum atomic E-state index is -1.74. The predicted molar refractivity (Wildman–Crippen MR) is 137 cm³/mol. The molecule has 0 unspecified atom stereocenters. The summed E-state index contributed by atoms with van der Waals surface area (Å²) in [6.45, 7) is 5.57. The van der Waals surface area contributed by atoms with Crippen LogP contribution in [-0.4, -0.2) is 52.3 Å². The van der Waals surface area contributed by atoms with Crippen LogP contribution in [0.4, 0.5) is 0 Å². The largest absolute Gasteiger partial charge is 0.475 e. The zero-order valence-electron chi connectivity index (χ0n) is 19.8. The highest BCUT2D eigenvalue weighted by atomic mass is 16.7. The second-order valence-electron chi connectivity index (χ2n) is 8.50. The van der Waals surface area contributed by atoms with E-state index in [1.807, 2.05) is 44.2 Å². The molecule has 0 aliphatic heterocycles. The van der Waals surface area contributed by atoms with Crippen LogP contribution in [-0.2, 0) is 9.59 Å². The first-order valence-electron chi connectivity index (χ1n) is 11.1. The summed E-state index contributed by atoms with van der Waals surface area (Å²) in [6, 6.07) is 9.31. The molecular weight excluding hydrogens is 453 g/mol. The first-order chi connectivity index (χ1) is 16.0. The molecule has 11 nitrogen and oxygen atoms in total. The predicted octanol–water partition coefficient (Wildman–Crippen LogP) is 1.72. The number of aliphatic imine (C=N–C) groups is 1. The molecule has 0 bridgehead atoms. The van der Waals surface area contributed by atoms with E-state index in [1.165, 1.54) is 0 Å². The van der Waals surface area contributed by atoms with E-state index in [-0.39, 0.29) is 44.5 Å². The molecule has 0 radical (unpaired) electrons. The van der Waals surface area contributed by atoms with Crippen molar-refractivity contribution >= 4 is 30.8 Å². The van der Waals surface area contributed by atoms with Gasteiger partial charge >= 0.3 is 7.12 Å². The Morgan fingerprint density at radius 3 is 2.43 bits per heavy atom. The molecule has 0 saturated heterocycles. The number of guanidine groups is 1. The van der Waals surface area contributed by atoms with Crippen molar-refractivity contribution in [1.29, 1.82) is 0 Å². The topological polar surface area (TPSA) is 180 Å². The number of rotatable bonds is 14. The van der Waals surface area contributed by atoms with Gasteiger partial charge < -0.3 is 21.1 Å². The highest BCUT2D eigenvalue weighted by Crippen LogP contribution is 2.18. The Balaban J connectivity index is 0.0000116. The van der Waals surface area contributed by atoms with E-state index in [9.17, 15) is 29.8 Å². The van der Waals surface area contributed by atoms with Gasteiger partial charge in [0.15, 0.2) is 10.8 Å². The van der Waals surface area contributed by atoms with Crippen LogP contribution in [0.5, 0.6) is 0 Å². The number of nitro groups is 1. The van der Waals surface area contributed by atoms with E-state index in [1.54, 1.807) is 18.4 Å². The van der Waals surface area contributed by atoms with Crippen LogP contribution in [0.15, 0.2) is 40.9 Å². The van der Waals surface area contributed by atoms with Gasteiger partial charge in [-0.2, -0.15) is 0 Å². The molecule has 0 fully saturated rings. The van der Waals surface area contributed by atoms with Crippen LogP contribution in [0.1, 0.15) is 59.4 Å². The molecule has 1 rings (SSSR count). The van der Waals surface area contributed by atoms with Crippen molar-refractivity contribution in [2.24, 2.45) is 22.6 Å². The van der Waals surface area contributed by atoms with Gasteiger partial charge in [0.25, 0.3) is 5.96 Å². The van der Waals surface area contributed by atoms with Crippen LogP contribution in [0.25, 0.3) is 6.08 Å². The lowest BCUT2D eigenvalue weighted by atomic mass is 9.74. The second kappa shape index (κ2) is 16.4. The summed E-state index contributed by atoms with van der Waals surface area (Å²) in [6.07, 6.45) is 2.60. The van der Waals surface area contributed by atoms with Gasteiger partial charge in [-0.05, 0) is 49.3 Å². The third kappa shape index (κ3) is 13.3. The Kier molecular flexibility index (Phi) is 14.9. The van der Waals surface area contributed by atoms with E-state index in [0.29, 0.717) is 18.4 Å². The van der Waals surface area contributed by atoms with Gasteiger partial charge in [0, 0.05) is 18.9 Å². The fraction of sp³-hybridized carbons (Fsp3) is 0.522. The van der Waals surface area contributed by atoms with Crippen molar-refractivity contribution in [3.8, 4) is 0 Å². The fourth-order valence-electron chi connectivity index (χ4n) is 3.32. The highest BCUT2D eigenvalue weighted by molar-refractivity contribution is 6.43. The van der Waals surface area contributed by atoms with E-state index in [0.717, 1.165) is 5.56 Å². The van der Waals surface area contributed by atoms with Crippen molar-refractivity contribution in [2.45, 2.75) is 59.8 Å². The van der Waals surface area contributed by atoms with Crippen LogP contribution in [0.2, 0.25) is 0 Å². The van der Waals surface area contributed by atoms with E-state index >= 15 is 0 Å². The maximum atomic E-state index is 13.0. The molecule has 35 heavy (non-hydrogen) atoms. The number of benzene rings is 1. The number of nitrogens with two attached hydrogens (primary N) is 1. The van der Waals surface area contributed by atoms with Crippen molar-refractivity contribution in [3.63, 3.8) is 0 Å². The Hall–Kier alpha value is -3.25. The van der Waals surface area contributed by atoms with Crippen LogP contribution >= 0.6 is 0 Å². The van der Waals surface area contributed by atoms with Gasteiger partial charge in [0.2, 0.25) is 5.91 Å². The van der Waals surface area contributed by atoms with Crippen LogP contribution in [0.3, 0.4) is 0 Å². The van der Waals surface area contributed by atoms with Crippen molar-refractivity contribution in [2.75, 3.05) is 6.54 Å². The van der Waals surface area contributed by atoms with E-state index in [4.69, 9.17) is 5.73 Å². The molecule has 12 heteroatoms. The normalized spacial score (nSPS) is 13.4. The van der Waals surface area contributed by atoms with Crippen LogP contribution < -0.4 is 16.5 Å². The van der Waals surface area contributed by atoms with Crippen molar-refractivity contribution in [3.05, 3.63) is 51.6 Å². The number of allylic oxidation sites excluding steroid dienone is 1. The Labute approximate surface area is 207 Å². The smallest absolute Gasteiger partial charge is 0.426 e. The lowest BCUT2D eigenvalue weighted by Crippen LogP contribution is -2.49. The standard InChI is InChI=1S/C22H34BN5O6.CH4/c1-15(2)12-20(23(31)32)26-21(30)18(10-7-11-25-22(24)27-28(33)34)14-19(29)16(3)13-17-8-5-4-6-9-17;/h4-6,8-9,13,15,18,20,31-32H,7,10-12,14H2,1-3H3,(H,26,30)(H3,24,25,27);1H4/b16-13+;/t18-,20+;/m1./s1. The summed E-state index contributed by atoms with van der Waals surface area (Å²) in [5, 5.41) is 31.5. The summed E-state index contributed by atoms with van der Waals surface area (Å²) in [5.41, 5.74) is 8.47. The molecule has 1 aromatic rings. The fourth-order valence-corrected chi connectivity index (χ4v) is 3.32.